The highest BCUT2D eigenvalue weighted by Gasteiger charge is 2.44. The second kappa shape index (κ2) is 5.07. The first-order valence-corrected chi connectivity index (χ1v) is 7.05. The Kier molecular flexibility index (Phi) is 4.50. The van der Waals surface area contributed by atoms with Crippen molar-refractivity contribution < 1.29 is 0 Å². The van der Waals surface area contributed by atoms with Crippen LogP contribution in [0.3, 0.4) is 0 Å². The second-order valence-electron chi connectivity index (χ2n) is 5.17. The molecule has 1 fully saturated rings. The Labute approximate surface area is 99.0 Å². The summed E-state index contributed by atoms with van der Waals surface area (Å²) in [5, 5.41) is 0.661. The normalized spacial score (nSPS) is 34.0. The Morgan fingerprint density at radius 3 is 2.40 bits per heavy atom. The minimum Gasteiger partial charge on any atom is -0.329 e. The maximum absolute atomic E-state index is 6.04. The van der Waals surface area contributed by atoms with Crippen molar-refractivity contribution in [3.63, 3.8) is 0 Å². The highest BCUT2D eigenvalue weighted by molar-refractivity contribution is 8.00. The quantitative estimate of drug-likeness (QED) is 0.803. The lowest BCUT2D eigenvalue weighted by Crippen LogP contribution is -2.59. The first-order chi connectivity index (χ1) is 6.95. The Bertz CT molecular complexity index is 208. The van der Waals surface area contributed by atoms with Gasteiger partial charge in [0.05, 0.1) is 0 Å². The standard InChI is InChI=1S/C12H26N2S/c1-9(2)10(3)14(5)12(8-13)6-7-15-11(12)4/h9-11H,6-8,13H2,1-5H3. The van der Waals surface area contributed by atoms with Crippen molar-refractivity contribution in [2.45, 2.75) is 50.9 Å². The van der Waals surface area contributed by atoms with Crippen molar-refractivity contribution in [3.8, 4) is 0 Å². The molecule has 0 aromatic rings. The molecule has 0 aromatic heterocycles. The number of nitrogens with zero attached hydrogens (tertiary/aromatic N) is 1. The zero-order valence-corrected chi connectivity index (χ0v) is 11.6. The molecule has 1 aliphatic heterocycles. The van der Waals surface area contributed by atoms with Crippen LogP contribution in [0.2, 0.25) is 0 Å². The van der Waals surface area contributed by atoms with E-state index in [1.54, 1.807) is 0 Å². The lowest BCUT2D eigenvalue weighted by Gasteiger charge is -2.45. The van der Waals surface area contributed by atoms with Crippen molar-refractivity contribution in [2.24, 2.45) is 11.7 Å². The molecule has 1 saturated heterocycles. The van der Waals surface area contributed by atoms with Gasteiger partial charge in [0.25, 0.3) is 0 Å². The van der Waals surface area contributed by atoms with Crippen molar-refractivity contribution in [3.05, 3.63) is 0 Å². The molecule has 15 heavy (non-hydrogen) atoms. The first-order valence-electron chi connectivity index (χ1n) is 6.00. The molecule has 90 valence electrons. The van der Waals surface area contributed by atoms with Crippen molar-refractivity contribution in [2.75, 3.05) is 19.3 Å². The molecular weight excluding hydrogens is 204 g/mol. The predicted molar refractivity (Wildman–Crippen MR) is 70.4 cm³/mol. The number of hydrogen-bond donors (Lipinski definition) is 1. The topological polar surface area (TPSA) is 29.3 Å². The van der Waals surface area contributed by atoms with E-state index in [0.717, 1.165) is 6.54 Å². The van der Waals surface area contributed by atoms with Crippen LogP contribution in [0.4, 0.5) is 0 Å². The van der Waals surface area contributed by atoms with Gasteiger partial charge >= 0.3 is 0 Å². The van der Waals surface area contributed by atoms with Crippen molar-refractivity contribution in [1.82, 2.24) is 4.90 Å². The molecule has 1 rings (SSSR count). The molecule has 0 saturated carbocycles. The van der Waals surface area contributed by atoms with Gasteiger partial charge in [-0.3, -0.25) is 4.90 Å². The molecule has 0 bridgehead atoms. The van der Waals surface area contributed by atoms with Crippen LogP contribution in [0.5, 0.6) is 0 Å². The van der Waals surface area contributed by atoms with E-state index in [-0.39, 0.29) is 5.54 Å². The summed E-state index contributed by atoms with van der Waals surface area (Å²) in [6.45, 7) is 10.0. The third-order valence-electron chi connectivity index (χ3n) is 4.29. The number of hydrogen-bond acceptors (Lipinski definition) is 3. The molecule has 0 spiro atoms. The molecule has 3 atom stereocenters. The summed E-state index contributed by atoms with van der Waals surface area (Å²) in [5.74, 6) is 1.95. The fourth-order valence-corrected chi connectivity index (χ4v) is 4.01. The molecule has 2 nitrogen and oxygen atoms in total. The van der Waals surface area contributed by atoms with E-state index in [1.165, 1.54) is 12.2 Å². The molecule has 0 amide bonds. The smallest absolute Gasteiger partial charge is 0.0455 e. The lowest BCUT2D eigenvalue weighted by atomic mass is 9.88. The number of rotatable bonds is 4. The third-order valence-corrected chi connectivity index (χ3v) is 5.67. The van der Waals surface area contributed by atoms with Gasteiger partial charge in [-0.1, -0.05) is 20.8 Å². The van der Waals surface area contributed by atoms with Gasteiger partial charge in [0.15, 0.2) is 0 Å². The Morgan fingerprint density at radius 2 is 2.07 bits per heavy atom. The highest BCUT2D eigenvalue weighted by Crippen LogP contribution is 2.40. The van der Waals surface area contributed by atoms with Gasteiger partial charge in [-0.2, -0.15) is 11.8 Å². The van der Waals surface area contributed by atoms with Crippen LogP contribution in [0.25, 0.3) is 0 Å². The van der Waals surface area contributed by atoms with Gasteiger partial charge < -0.3 is 5.73 Å². The molecule has 0 aliphatic carbocycles. The largest absolute Gasteiger partial charge is 0.329 e. The fraction of sp³-hybridized carbons (Fsp3) is 1.00. The van der Waals surface area contributed by atoms with E-state index in [4.69, 9.17) is 5.73 Å². The van der Waals surface area contributed by atoms with Crippen LogP contribution in [0.15, 0.2) is 0 Å². The van der Waals surface area contributed by atoms with E-state index < -0.39 is 0 Å². The SMILES string of the molecule is CC(C)C(C)N(C)C1(CN)CCSC1C. The average molecular weight is 230 g/mol. The van der Waals surface area contributed by atoms with E-state index in [2.05, 4.69) is 51.4 Å². The molecule has 3 unspecified atom stereocenters. The van der Waals surface area contributed by atoms with Crippen LogP contribution < -0.4 is 5.73 Å². The molecular formula is C12H26N2S. The summed E-state index contributed by atoms with van der Waals surface area (Å²) in [6, 6.07) is 0.606. The van der Waals surface area contributed by atoms with Crippen LogP contribution in [0, 0.1) is 5.92 Å². The number of likely N-dealkylation sites (N-methyl/N-ethyl adjacent to an activating group) is 1. The maximum Gasteiger partial charge on any atom is 0.0455 e. The van der Waals surface area contributed by atoms with Gasteiger partial charge in [-0.15, -0.1) is 0 Å². The number of nitrogens with two attached hydrogens (primary N) is 1. The van der Waals surface area contributed by atoms with Gasteiger partial charge in [-0.25, -0.2) is 0 Å². The minimum absolute atomic E-state index is 0.231. The monoisotopic (exact) mass is 230 g/mol. The van der Waals surface area contributed by atoms with Crippen molar-refractivity contribution in [1.29, 1.82) is 0 Å². The summed E-state index contributed by atoms with van der Waals surface area (Å²) in [6.07, 6.45) is 1.24. The second-order valence-corrected chi connectivity index (χ2v) is 6.61. The van der Waals surface area contributed by atoms with Gasteiger partial charge in [0.1, 0.15) is 0 Å². The van der Waals surface area contributed by atoms with Crippen LogP contribution in [0.1, 0.15) is 34.1 Å². The number of thioether (sulfide) groups is 1. The summed E-state index contributed by atoms with van der Waals surface area (Å²) < 4.78 is 0. The van der Waals surface area contributed by atoms with E-state index in [1.807, 2.05) is 0 Å². The first kappa shape index (κ1) is 13.3. The lowest BCUT2D eigenvalue weighted by molar-refractivity contribution is 0.0662. The molecule has 1 aliphatic rings. The fourth-order valence-electron chi connectivity index (χ4n) is 2.50. The molecule has 3 heteroatoms. The summed E-state index contributed by atoms with van der Waals surface area (Å²) in [7, 11) is 2.25. The molecule has 1 heterocycles. The van der Waals surface area contributed by atoms with E-state index in [9.17, 15) is 0 Å². The average Bonchev–Trinajstić information content (AvgIpc) is 2.58. The van der Waals surface area contributed by atoms with Gasteiger partial charge in [0.2, 0.25) is 0 Å². The summed E-state index contributed by atoms with van der Waals surface area (Å²) >= 11 is 2.06. The highest BCUT2D eigenvalue weighted by atomic mass is 32.2. The van der Waals surface area contributed by atoms with Crippen LogP contribution in [-0.2, 0) is 0 Å². The predicted octanol–water partition coefficient (Wildman–Crippen LogP) is 2.19. The minimum atomic E-state index is 0.231. The summed E-state index contributed by atoms with van der Waals surface area (Å²) in [5.41, 5.74) is 6.27. The zero-order valence-electron chi connectivity index (χ0n) is 10.8. The Morgan fingerprint density at radius 1 is 1.47 bits per heavy atom. The van der Waals surface area contributed by atoms with Crippen LogP contribution >= 0.6 is 11.8 Å². The molecule has 0 radical (unpaired) electrons. The molecule has 0 aromatic carbocycles. The van der Waals surface area contributed by atoms with Crippen LogP contribution in [-0.4, -0.2) is 41.1 Å². The Balaban J connectivity index is 2.81. The summed E-state index contributed by atoms with van der Waals surface area (Å²) in [4.78, 5) is 2.53. The van der Waals surface area contributed by atoms with E-state index in [0.29, 0.717) is 17.2 Å². The zero-order chi connectivity index (χ0) is 11.6. The van der Waals surface area contributed by atoms with Crippen molar-refractivity contribution >= 4 is 11.8 Å². The molecule has 2 N–H and O–H groups in total. The third kappa shape index (κ3) is 2.34. The van der Waals surface area contributed by atoms with Gasteiger partial charge in [0, 0.05) is 23.4 Å². The van der Waals surface area contributed by atoms with E-state index >= 15 is 0 Å². The Hall–Kier alpha value is 0.270. The maximum atomic E-state index is 6.04. The van der Waals surface area contributed by atoms with Gasteiger partial charge in [-0.05, 0) is 32.1 Å².